The lowest BCUT2D eigenvalue weighted by atomic mass is 10.1. The number of benzene rings is 1. The number of anilines is 2. The smallest absolute Gasteiger partial charge is 0.246 e. The van der Waals surface area contributed by atoms with Crippen molar-refractivity contribution in [1.29, 1.82) is 0 Å². The molecule has 0 aliphatic carbocycles. The van der Waals surface area contributed by atoms with Crippen molar-refractivity contribution < 1.29 is 4.79 Å². The summed E-state index contributed by atoms with van der Waals surface area (Å²) in [5, 5.41) is 6.80. The fraction of sp³-hybridized carbons (Fsp3) is 0.231. The molecule has 2 rings (SSSR count). The van der Waals surface area contributed by atoms with E-state index in [0.29, 0.717) is 5.69 Å². The van der Waals surface area contributed by atoms with Crippen molar-refractivity contribution in [3.8, 4) is 0 Å². The van der Waals surface area contributed by atoms with Crippen LogP contribution in [0.2, 0.25) is 0 Å². The van der Waals surface area contributed by atoms with Crippen molar-refractivity contribution in [2.75, 3.05) is 11.1 Å². The van der Waals surface area contributed by atoms with Crippen LogP contribution in [0.4, 0.5) is 11.4 Å². The molecule has 2 aromatic rings. The van der Waals surface area contributed by atoms with Gasteiger partial charge in [0, 0.05) is 11.9 Å². The summed E-state index contributed by atoms with van der Waals surface area (Å²) in [5.41, 5.74) is 9.12. The molecule has 0 saturated heterocycles. The average molecular weight is 244 g/mol. The van der Waals surface area contributed by atoms with Gasteiger partial charge >= 0.3 is 0 Å². The van der Waals surface area contributed by atoms with Crippen LogP contribution >= 0.6 is 0 Å². The summed E-state index contributed by atoms with van der Waals surface area (Å²) in [6.45, 7) is 4.15. The van der Waals surface area contributed by atoms with E-state index in [2.05, 4.69) is 16.5 Å². The molecular weight excluding hydrogens is 228 g/mol. The Morgan fingerprint density at radius 3 is 2.56 bits per heavy atom. The van der Waals surface area contributed by atoms with Crippen LogP contribution in [0, 0.1) is 13.8 Å². The van der Waals surface area contributed by atoms with Gasteiger partial charge in [-0.2, -0.15) is 5.10 Å². The maximum Gasteiger partial charge on any atom is 0.246 e. The molecule has 0 saturated carbocycles. The molecule has 1 aromatic heterocycles. The number of hydrogen-bond acceptors (Lipinski definition) is 3. The summed E-state index contributed by atoms with van der Waals surface area (Å²) in [4.78, 5) is 11.8. The number of aromatic nitrogens is 2. The lowest BCUT2D eigenvalue weighted by Gasteiger charge is -2.07. The standard InChI is InChI=1S/C13H16N4O/c1-9-3-10(2)5-12(4-9)16-13(18)8-17-7-11(14)6-15-17/h3-7H,8,14H2,1-2H3,(H,16,18). The number of carbonyl (C=O) groups is 1. The second-order valence-electron chi connectivity index (χ2n) is 4.40. The highest BCUT2D eigenvalue weighted by Crippen LogP contribution is 2.13. The Morgan fingerprint density at radius 1 is 1.33 bits per heavy atom. The van der Waals surface area contributed by atoms with Crippen LogP contribution in [0.1, 0.15) is 11.1 Å². The molecule has 1 heterocycles. The SMILES string of the molecule is Cc1cc(C)cc(NC(=O)Cn2cc(N)cn2)c1. The van der Waals surface area contributed by atoms with Gasteiger partial charge in [-0.3, -0.25) is 9.48 Å². The second-order valence-corrected chi connectivity index (χ2v) is 4.40. The Labute approximate surface area is 106 Å². The first-order valence-corrected chi connectivity index (χ1v) is 5.69. The first-order valence-electron chi connectivity index (χ1n) is 5.69. The highest BCUT2D eigenvalue weighted by Gasteiger charge is 2.05. The predicted molar refractivity (Wildman–Crippen MR) is 71.2 cm³/mol. The van der Waals surface area contributed by atoms with Crippen molar-refractivity contribution >= 4 is 17.3 Å². The molecule has 3 N–H and O–H groups in total. The Bertz CT molecular complexity index is 554. The fourth-order valence-electron chi connectivity index (χ4n) is 1.86. The zero-order valence-corrected chi connectivity index (χ0v) is 10.5. The Hall–Kier alpha value is -2.30. The Balaban J connectivity index is 2.02. The molecule has 5 heteroatoms. The molecule has 0 atom stereocenters. The van der Waals surface area contributed by atoms with E-state index in [-0.39, 0.29) is 12.5 Å². The van der Waals surface area contributed by atoms with Crippen molar-refractivity contribution in [1.82, 2.24) is 9.78 Å². The number of rotatable bonds is 3. The minimum absolute atomic E-state index is 0.122. The first-order chi connectivity index (χ1) is 8.52. The van der Waals surface area contributed by atoms with Crippen molar-refractivity contribution in [2.45, 2.75) is 20.4 Å². The number of amides is 1. The van der Waals surface area contributed by atoms with E-state index in [0.717, 1.165) is 16.8 Å². The summed E-state index contributed by atoms with van der Waals surface area (Å²) in [6, 6.07) is 5.93. The van der Waals surface area contributed by atoms with Crippen LogP contribution in [0.15, 0.2) is 30.6 Å². The lowest BCUT2D eigenvalue weighted by molar-refractivity contribution is -0.116. The van der Waals surface area contributed by atoms with Crippen molar-refractivity contribution in [2.24, 2.45) is 0 Å². The number of nitrogen functional groups attached to an aromatic ring is 1. The van der Waals surface area contributed by atoms with Crippen LogP contribution in [0.3, 0.4) is 0 Å². The molecule has 94 valence electrons. The summed E-state index contributed by atoms with van der Waals surface area (Å²) in [7, 11) is 0. The second kappa shape index (κ2) is 4.91. The maximum absolute atomic E-state index is 11.8. The number of carbonyl (C=O) groups excluding carboxylic acids is 1. The molecule has 18 heavy (non-hydrogen) atoms. The molecular formula is C13H16N4O. The third-order valence-corrected chi connectivity index (χ3v) is 2.46. The zero-order chi connectivity index (χ0) is 13.1. The molecule has 1 aromatic carbocycles. The Kier molecular flexibility index (Phi) is 3.32. The van der Waals surface area contributed by atoms with Gasteiger partial charge in [0.15, 0.2) is 0 Å². The van der Waals surface area contributed by atoms with Crippen LogP contribution in [0.25, 0.3) is 0 Å². The maximum atomic E-state index is 11.8. The topological polar surface area (TPSA) is 72.9 Å². The molecule has 1 amide bonds. The van der Waals surface area contributed by atoms with E-state index >= 15 is 0 Å². The molecule has 0 aliphatic rings. The van der Waals surface area contributed by atoms with Gasteiger partial charge in [-0.25, -0.2) is 0 Å². The average Bonchev–Trinajstić information content (AvgIpc) is 2.61. The first kappa shape index (κ1) is 12.2. The van der Waals surface area contributed by atoms with E-state index in [4.69, 9.17) is 5.73 Å². The summed E-state index contributed by atoms with van der Waals surface area (Å²) in [6.07, 6.45) is 3.14. The molecule has 0 spiro atoms. The quantitative estimate of drug-likeness (QED) is 0.863. The third-order valence-electron chi connectivity index (χ3n) is 2.46. The largest absolute Gasteiger partial charge is 0.396 e. The summed E-state index contributed by atoms with van der Waals surface area (Å²) >= 11 is 0. The van der Waals surface area contributed by atoms with Crippen LogP contribution < -0.4 is 11.1 Å². The number of nitrogens with zero attached hydrogens (tertiary/aromatic N) is 2. The molecule has 0 fully saturated rings. The van der Waals surface area contributed by atoms with Gasteiger partial charge in [-0.05, 0) is 37.1 Å². The normalized spacial score (nSPS) is 10.3. The fourth-order valence-corrected chi connectivity index (χ4v) is 1.86. The number of aryl methyl sites for hydroxylation is 2. The predicted octanol–water partition coefficient (Wildman–Crippen LogP) is 1.72. The van der Waals surface area contributed by atoms with Gasteiger partial charge in [-0.1, -0.05) is 6.07 Å². The van der Waals surface area contributed by atoms with Crippen molar-refractivity contribution in [3.05, 3.63) is 41.7 Å². The summed E-state index contributed by atoms with van der Waals surface area (Å²) in [5.74, 6) is -0.122. The molecule has 0 bridgehead atoms. The van der Waals surface area contributed by atoms with Gasteiger partial charge in [0.2, 0.25) is 5.91 Å². The van der Waals surface area contributed by atoms with E-state index < -0.39 is 0 Å². The highest BCUT2D eigenvalue weighted by atomic mass is 16.2. The van der Waals surface area contributed by atoms with Crippen LogP contribution in [-0.4, -0.2) is 15.7 Å². The molecule has 0 aliphatic heterocycles. The summed E-state index contributed by atoms with van der Waals surface area (Å²) < 4.78 is 1.51. The lowest BCUT2D eigenvalue weighted by Crippen LogP contribution is -2.19. The van der Waals surface area contributed by atoms with Crippen LogP contribution in [0.5, 0.6) is 0 Å². The highest BCUT2D eigenvalue weighted by molar-refractivity contribution is 5.90. The van der Waals surface area contributed by atoms with Gasteiger partial charge < -0.3 is 11.1 Å². The van der Waals surface area contributed by atoms with E-state index in [1.54, 1.807) is 6.20 Å². The van der Waals surface area contributed by atoms with E-state index in [9.17, 15) is 4.79 Å². The van der Waals surface area contributed by atoms with E-state index in [1.807, 2.05) is 26.0 Å². The van der Waals surface area contributed by atoms with Gasteiger partial charge in [0.25, 0.3) is 0 Å². The minimum Gasteiger partial charge on any atom is -0.396 e. The number of nitrogens with one attached hydrogen (secondary N) is 1. The minimum atomic E-state index is -0.122. The van der Waals surface area contributed by atoms with Crippen LogP contribution in [-0.2, 0) is 11.3 Å². The van der Waals surface area contributed by atoms with Gasteiger partial charge in [-0.15, -0.1) is 0 Å². The van der Waals surface area contributed by atoms with Gasteiger partial charge in [0.1, 0.15) is 6.54 Å². The van der Waals surface area contributed by atoms with Gasteiger partial charge in [0.05, 0.1) is 11.9 Å². The molecule has 0 radical (unpaired) electrons. The Morgan fingerprint density at radius 2 is 2.00 bits per heavy atom. The van der Waals surface area contributed by atoms with Crippen molar-refractivity contribution in [3.63, 3.8) is 0 Å². The number of hydrogen-bond donors (Lipinski definition) is 2. The molecule has 5 nitrogen and oxygen atoms in total. The third kappa shape index (κ3) is 3.10. The molecule has 0 unspecified atom stereocenters. The zero-order valence-electron chi connectivity index (χ0n) is 10.5. The monoisotopic (exact) mass is 244 g/mol. The van der Waals surface area contributed by atoms with E-state index in [1.165, 1.54) is 10.9 Å². The number of nitrogens with two attached hydrogens (primary N) is 1.